The van der Waals surface area contributed by atoms with Crippen LogP contribution in [0.4, 0.5) is 5.82 Å². The van der Waals surface area contributed by atoms with Crippen LogP contribution in [0.3, 0.4) is 0 Å². The second kappa shape index (κ2) is 4.34. The monoisotopic (exact) mass is 252 g/mol. The number of rotatable bonds is 2. The van der Waals surface area contributed by atoms with E-state index in [0.29, 0.717) is 11.5 Å². The Labute approximate surface area is 104 Å². The first kappa shape index (κ1) is 11.6. The summed E-state index contributed by atoms with van der Waals surface area (Å²) in [5.41, 5.74) is 0.538. The van der Waals surface area contributed by atoms with Crippen molar-refractivity contribution >= 4 is 12.2 Å². The van der Waals surface area contributed by atoms with E-state index in [1.54, 1.807) is 24.6 Å². The first-order valence-electron chi connectivity index (χ1n) is 5.98. The quantitative estimate of drug-likeness (QED) is 0.782. The predicted molar refractivity (Wildman–Crippen MR) is 63.3 cm³/mol. The lowest BCUT2D eigenvalue weighted by Crippen LogP contribution is -2.26. The smallest absolute Gasteiger partial charge is 0.174 e. The van der Waals surface area contributed by atoms with Gasteiger partial charge in [0.25, 0.3) is 0 Å². The molecule has 0 spiro atoms. The lowest BCUT2D eigenvalue weighted by molar-refractivity contribution is -0.0218. The third-order valence-corrected chi connectivity index (χ3v) is 3.39. The van der Waals surface area contributed by atoms with Gasteiger partial charge in [-0.1, -0.05) is 0 Å². The van der Waals surface area contributed by atoms with Crippen molar-refractivity contribution in [3.63, 3.8) is 0 Å². The van der Waals surface area contributed by atoms with Crippen molar-refractivity contribution in [2.24, 2.45) is 4.99 Å². The summed E-state index contributed by atoms with van der Waals surface area (Å²) in [5, 5.41) is 19.0. The Morgan fingerprint density at radius 1 is 1.50 bits per heavy atom. The molecule has 2 aliphatic rings. The fourth-order valence-electron chi connectivity index (χ4n) is 2.32. The van der Waals surface area contributed by atoms with E-state index in [1.165, 1.54) is 0 Å². The maximum Gasteiger partial charge on any atom is 0.174 e. The summed E-state index contributed by atoms with van der Waals surface area (Å²) in [5.74, 6) is 0.629. The molecular formula is C11H16N4O3. The van der Waals surface area contributed by atoms with Crippen LogP contribution >= 0.6 is 0 Å². The molecule has 3 atom stereocenters. The molecule has 0 saturated carbocycles. The Balaban J connectivity index is 1.89. The zero-order valence-electron chi connectivity index (χ0n) is 10.1. The zero-order valence-corrected chi connectivity index (χ0v) is 10.1. The summed E-state index contributed by atoms with van der Waals surface area (Å²) in [6.45, 7) is 0.0298. The summed E-state index contributed by atoms with van der Waals surface area (Å²) in [6.07, 6.45) is 3.79. The van der Waals surface area contributed by atoms with Gasteiger partial charge in [-0.15, -0.1) is 0 Å². The number of fused-ring (bicyclic) bond motifs is 1. The molecule has 98 valence electrons. The van der Waals surface area contributed by atoms with Gasteiger partial charge < -0.3 is 19.8 Å². The van der Waals surface area contributed by atoms with E-state index in [9.17, 15) is 5.11 Å². The average molecular weight is 252 g/mol. The second-order valence-electron chi connectivity index (χ2n) is 4.62. The summed E-state index contributed by atoms with van der Waals surface area (Å²) in [7, 11) is 1.74. The van der Waals surface area contributed by atoms with Crippen LogP contribution in [0.2, 0.25) is 0 Å². The summed E-state index contributed by atoms with van der Waals surface area (Å²) in [4.78, 5) is 10.1. The summed E-state index contributed by atoms with van der Waals surface area (Å²) < 4.78 is 7.50. The fourth-order valence-corrected chi connectivity index (χ4v) is 2.32. The number of hydrogen-bond donors (Lipinski definition) is 2. The van der Waals surface area contributed by atoms with Gasteiger partial charge in [-0.3, -0.25) is 4.57 Å². The molecule has 1 aromatic heterocycles. The van der Waals surface area contributed by atoms with Gasteiger partial charge in [-0.2, -0.15) is 0 Å². The number of aliphatic hydroxyl groups is 2. The number of nitrogens with zero attached hydrogens (tertiary/aromatic N) is 4. The number of aromatic nitrogens is 2. The summed E-state index contributed by atoms with van der Waals surface area (Å²) >= 11 is 0. The molecule has 0 bridgehead atoms. The molecule has 18 heavy (non-hydrogen) atoms. The van der Waals surface area contributed by atoms with Gasteiger partial charge in [-0.25, -0.2) is 9.98 Å². The van der Waals surface area contributed by atoms with Crippen LogP contribution in [-0.2, 0) is 4.74 Å². The Kier molecular flexibility index (Phi) is 2.81. The van der Waals surface area contributed by atoms with Crippen LogP contribution in [0.5, 0.6) is 0 Å². The molecule has 0 aromatic carbocycles. The summed E-state index contributed by atoms with van der Waals surface area (Å²) in [6, 6.07) is 0. The Morgan fingerprint density at radius 2 is 2.33 bits per heavy atom. The Bertz CT molecular complexity index is 473. The number of aliphatic imine (C=N–C) groups is 1. The molecule has 3 heterocycles. The lowest BCUT2D eigenvalue weighted by atomic mass is 10.2. The maximum atomic E-state index is 9.96. The third-order valence-electron chi connectivity index (χ3n) is 3.39. The normalized spacial score (nSPS) is 30.8. The second-order valence-corrected chi connectivity index (χ2v) is 4.62. The number of imidazole rings is 1. The topological polar surface area (TPSA) is 83.1 Å². The molecule has 7 nitrogen and oxygen atoms in total. The number of aliphatic hydroxyl groups excluding tert-OH is 2. The van der Waals surface area contributed by atoms with E-state index in [1.807, 2.05) is 4.57 Å². The van der Waals surface area contributed by atoms with E-state index in [-0.39, 0.29) is 18.9 Å². The maximum absolute atomic E-state index is 9.96. The molecule has 2 aliphatic heterocycles. The number of ether oxygens (including phenoxy) is 1. The number of hydrogen-bond acceptors (Lipinski definition) is 6. The van der Waals surface area contributed by atoms with Crippen LogP contribution in [0, 0.1) is 0 Å². The molecule has 1 fully saturated rings. The van der Waals surface area contributed by atoms with Gasteiger partial charge >= 0.3 is 0 Å². The van der Waals surface area contributed by atoms with Crippen molar-refractivity contribution in [1.29, 1.82) is 0 Å². The molecule has 1 unspecified atom stereocenters. The molecular weight excluding hydrogens is 236 g/mol. The van der Waals surface area contributed by atoms with E-state index in [2.05, 4.69) is 9.98 Å². The van der Waals surface area contributed by atoms with Crippen LogP contribution in [-0.4, -0.2) is 50.8 Å². The van der Waals surface area contributed by atoms with Gasteiger partial charge in [0.2, 0.25) is 0 Å². The van der Waals surface area contributed by atoms with Crippen LogP contribution < -0.4 is 0 Å². The van der Waals surface area contributed by atoms with Crippen LogP contribution in [0.15, 0.2) is 11.3 Å². The standard InChI is InChI=1S/C11H16N4O3/c1-14-5-13-10-9(11(14)17)12-6-15(10)8-3-2-7(4-16)18-8/h5-8,11,16-17H,2-4H2,1H3/t7-,8+,11?/m1/s1. The first-order chi connectivity index (χ1) is 8.70. The highest BCUT2D eigenvalue weighted by Crippen LogP contribution is 2.36. The van der Waals surface area contributed by atoms with Gasteiger partial charge in [-0.05, 0) is 12.8 Å². The van der Waals surface area contributed by atoms with E-state index in [4.69, 9.17) is 9.84 Å². The van der Waals surface area contributed by atoms with Crippen molar-refractivity contribution in [2.45, 2.75) is 31.4 Å². The SMILES string of the molecule is CN1C=Nc2c(ncn2[C@@H]2CC[C@H](CO)O2)C1O. The minimum absolute atomic E-state index is 0.0298. The van der Waals surface area contributed by atoms with Crippen molar-refractivity contribution in [3.05, 3.63) is 12.0 Å². The molecule has 2 N–H and O–H groups in total. The van der Waals surface area contributed by atoms with Crippen molar-refractivity contribution < 1.29 is 14.9 Å². The van der Waals surface area contributed by atoms with E-state index >= 15 is 0 Å². The van der Waals surface area contributed by atoms with Gasteiger partial charge in [0.15, 0.2) is 12.0 Å². The molecule has 3 rings (SSSR count). The molecule has 0 radical (unpaired) electrons. The molecule has 7 heteroatoms. The molecule has 0 amide bonds. The molecule has 1 saturated heterocycles. The largest absolute Gasteiger partial charge is 0.394 e. The van der Waals surface area contributed by atoms with Crippen molar-refractivity contribution in [3.8, 4) is 0 Å². The van der Waals surface area contributed by atoms with Crippen LogP contribution in [0.25, 0.3) is 0 Å². The highest BCUT2D eigenvalue weighted by molar-refractivity contribution is 5.64. The highest BCUT2D eigenvalue weighted by atomic mass is 16.5. The van der Waals surface area contributed by atoms with E-state index in [0.717, 1.165) is 12.8 Å². The molecule has 1 aromatic rings. The van der Waals surface area contributed by atoms with Gasteiger partial charge in [0.1, 0.15) is 11.9 Å². The minimum Gasteiger partial charge on any atom is -0.394 e. The average Bonchev–Trinajstić information content (AvgIpc) is 2.99. The zero-order chi connectivity index (χ0) is 12.7. The van der Waals surface area contributed by atoms with Gasteiger partial charge in [0, 0.05) is 7.05 Å². The Morgan fingerprint density at radius 3 is 3.06 bits per heavy atom. The van der Waals surface area contributed by atoms with Gasteiger partial charge in [0.05, 0.1) is 25.4 Å². The van der Waals surface area contributed by atoms with Crippen molar-refractivity contribution in [2.75, 3.05) is 13.7 Å². The predicted octanol–water partition coefficient (Wildman–Crippen LogP) is 0.149. The minimum atomic E-state index is -0.770. The fraction of sp³-hybridized carbons (Fsp3) is 0.636. The van der Waals surface area contributed by atoms with E-state index < -0.39 is 6.23 Å². The van der Waals surface area contributed by atoms with Crippen LogP contribution in [0.1, 0.15) is 31.0 Å². The first-order valence-corrected chi connectivity index (χ1v) is 5.98. The molecule has 0 aliphatic carbocycles. The van der Waals surface area contributed by atoms with Crippen molar-refractivity contribution in [1.82, 2.24) is 14.5 Å². The lowest BCUT2D eigenvalue weighted by Gasteiger charge is -2.24. The highest BCUT2D eigenvalue weighted by Gasteiger charge is 2.31. The third kappa shape index (κ3) is 1.71. The Hall–Kier alpha value is -1.44.